The van der Waals surface area contributed by atoms with Gasteiger partial charge in [0.2, 0.25) is 0 Å². The molecule has 0 amide bonds. The molecule has 0 spiro atoms. The zero-order valence-corrected chi connectivity index (χ0v) is 6.79. The molecule has 0 aromatic heterocycles. The predicted octanol–water partition coefficient (Wildman–Crippen LogP) is 1.68. The fourth-order valence-corrected chi connectivity index (χ4v) is 0.809. The van der Waals surface area contributed by atoms with Gasteiger partial charge in [0, 0.05) is 5.56 Å². The fraction of sp³-hybridized carbons (Fsp3) is 0.0909. The van der Waals surface area contributed by atoms with Crippen LogP contribution in [-0.4, -0.2) is 7.11 Å². The Kier molecular flexibility index (Phi) is 2.82. The quantitative estimate of drug-likeness (QED) is 0.562. The first kappa shape index (κ1) is 8.24. The molecule has 1 heteroatoms. The number of ether oxygens (including phenoxy) is 1. The summed E-state index contributed by atoms with van der Waals surface area (Å²) in [5.41, 5.74) is 0.868. The van der Waals surface area contributed by atoms with Crippen molar-refractivity contribution >= 4 is 0 Å². The number of hydrogen-bond donors (Lipinski definition) is 0. The Morgan fingerprint density at radius 3 is 2.92 bits per heavy atom. The van der Waals surface area contributed by atoms with Gasteiger partial charge in [0.05, 0.1) is 7.11 Å². The first-order chi connectivity index (χ1) is 5.86. The first-order valence-electron chi connectivity index (χ1n) is 3.47. The second-order valence-corrected chi connectivity index (χ2v) is 2.13. The highest BCUT2D eigenvalue weighted by molar-refractivity contribution is 5.42. The topological polar surface area (TPSA) is 9.23 Å². The summed E-state index contributed by atoms with van der Waals surface area (Å²) in [6.45, 7) is 0. The summed E-state index contributed by atoms with van der Waals surface area (Å²) in [6.07, 6.45) is 4.99. The van der Waals surface area contributed by atoms with Crippen LogP contribution in [0.3, 0.4) is 0 Å². The van der Waals surface area contributed by atoms with Gasteiger partial charge in [0.25, 0.3) is 0 Å². The molecule has 0 radical (unpaired) electrons. The largest absolute Gasteiger partial charge is 0.497 e. The van der Waals surface area contributed by atoms with Gasteiger partial charge in [-0.15, -0.1) is 6.42 Å². The molecule has 0 N–H and O–H groups in total. The Morgan fingerprint density at radius 2 is 2.25 bits per heavy atom. The van der Waals surface area contributed by atoms with Gasteiger partial charge in [0.15, 0.2) is 0 Å². The van der Waals surface area contributed by atoms with Crippen molar-refractivity contribution in [1.29, 1.82) is 0 Å². The van der Waals surface area contributed by atoms with E-state index < -0.39 is 0 Å². The first-order valence-corrected chi connectivity index (χ1v) is 3.47. The summed E-state index contributed by atoms with van der Waals surface area (Å²) in [5, 5.41) is 0. The van der Waals surface area contributed by atoms with Crippen molar-refractivity contribution < 1.29 is 4.74 Å². The maximum absolute atomic E-state index is 5.02. The lowest BCUT2D eigenvalue weighted by atomic mass is 10.2. The van der Waals surface area contributed by atoms with Crippen LogP contribution in [-0.2, 0) is 0 Å². The van der Waals surface area contributed by atoms with Crippen LogP contribution in [0, 0.1) is 24.2 Å². The second-order valence-electron chi connectivity index (χ2n) is 2.13. The molecule has 12 heavy (non-hydrogen) atoms. The zero-order chi connectivity index (χ0) is 8.81. The summed E-state index contributed by atoms with van der Waals surface area (Å²) in [6, 6.07) is 7.46. The Bertz CT molecular complexity index is 361. The lowest BCUT2D eigenvalue weighted by molar-refractivity contribution is 0.414. The molecular weight excluding hydrogens is 148 g/mol. The fourth-order valence-electron chi connectivity index (χ4n) is 0.809. The molecule has 0 aliphatic rings. The Morgan fingerprint density at radius 1 is 1.42 bits per heavy atom. The summed E-state index contributed by atoms with van der Waals surface area (Å²) in [7, 11) is 1.62. The van der Waals surface area contributed by atoms with Crippen molar-refractivity contribution in [2.75, 3.05) is 7.11 Å². The Balaban J connectivity index is 2.96. The van der Waals surface area contributed by atoms with Gasteiger partial charge in [-0.25, -0.2) is 0 Å². The van der Waals surface area contributed by atoms with Crippen LogP contribution in [0.4, 0.5) is 0 Å². The number of terminal acetylenes is 1. The van der Waals surface area contributed by atoms with Gasteiger partial charge in [-0.2, -0.15) is 0 Å². The lowest BCUT2D eigenvalue weighted by Gasteiger charge is -1.97. The van der Waals surface area contributed by atoms with Crippen molar-refractivity contribution in [2.24, 2.45) is 0 Å². The average molecular weight is 156 g/mol. The molecule has 0 aliphatic carbocycles. The van der Waals surface area contributed by atoms with E-state index in [1.807, 2.05) is 24.3 Å². The molecule has 0 atom stereocenters. The molecule has 0 heterocycles. The number of hydrogen-bond acceptors (Lipinski definition) is 1. The van der Waals surface area contributed by atoms with Gasteiger partial charge in [-0.05, 0) is 30.0 Å². The molecule has 1 aromatic carbocycles. The summed E-state index contributed by atoms with van der Waals surface area (Å²) in [5.74, 6) is 8.38. The minimum absolute atomic E-state index is 0.791. The number of benzene rings is 1. The molecule has 0 saturated carbocycles. The molecule has 0 saturated heterocycles. The monoisotopic (exact) mass is 156 g/mol. The molecule has 0 fully saturated rings. The third-order valence-electron chi connectivity index (χ3n) is 1.35. The van der Waals surface area contributed by atoms with Crippen molar-refractivity contribution in [1.82, 2.24) is 0 Å². The third kappa shape index (κ3) is 2.08. The van der Waals surface area contributed by atoms with E-state index in [-0.39, 0.29) is 0 Å². The van der Waals surface area contributed by atoms with E-state index in [0.717, 1.165) is 11.3 Å². The highest BCUT2D eigenvalue weighted by atomic mass is 16.5. The molecule has 1 nitrogen and oxygen atoms in total. The maximum Gasteiger partial charge on any atom is 0.120 e. The van der Waals surface area contributed by atoms with Crippen LogP contribution in [0.5, 0.6) is 5.75 Å². The van der Waals surface area contributed by atoms with E-state index in [1.54, 1.807) is 7.11 Å². The third-order valence-corrected chi connectivity index (χ3v) is 1.35. The van der Waals surface area contributed by atoms with Gasteiger partial charge in [0.1, 0.15) is 5.75 Å². The smallest absolute Gasteiger partial charge is 0.120 e. The van der Waals surface area contributed by atoms with Crippen molar-refractivity contribution in [3.63, 3.8) is 0 Å². The van der Waals surface area contributed by atoms with E-state index in [9.17, 15) is 0 Å². The molecular formula is C11H8O. The van der Waals surface area contributed by atoms with Crippen LogP contribution >= 0.6 is 0 Å². The molecule has 58 valence electrons. The summed E-state index contributed by atoms with van der Waals surface area (Å²) in [4.78, 5) is 0. The summed E-state index contributed by atoms with van der Waals surface area (Å²) < 4.78 is 5.02. The Hall–Kier alpha value is -1.86. The molecule has 0 aliphatic heterocycles. The van der Waals surface area contributed by atoms with Gasteiger partial charge in [-0.3, -0.25) is 0 Å². The molecule has 0 unspecified atom stereocenters. The van der Waals surface area contributed by atoms with Crippen LogP contribution in [0.15, 0.2) is 24.3 Å². The highest BCUT2D eigenvalue weighted by Crippen LogP contribution is 2.10. The van der Waals surface area contributed by atoms with Crippen LogP contribution in [0.1, 0.15) is 5.56 Å². The van der Waals surface area contributed by atoms with E-state index in [1.165, 1.54) is 0 Å². The van der Waals surface area contributed by atoms with Gasteiger partial charge >= 0.3 is 0 Å². The second kappa shape index (κ2) is 4.11. The predicted molar refractivity (Wildman–Crippen MR) is 48.7 cm³/mol. The van der Waals surface area contributed by atoms with Gasteiger partial charge in [-0.1, -0.05) is 12.0 Å². The summed E-state index contributed by atoms with van der Waals surface area (Å²) >= 11 is 0. The van der Waals surface area contributed by atoms with Crippen molar-refractivity contribution in [2.45, 2.75) is 0 Å². The van der Waals surface area contributed by atoms with Gasteiger partial charge < -0.3 is 4.74 Å². The van der Waals surface area contributed by atoms with Crippen LogP contribution in [0.25, 0.3) is 0 Å². The molecule has 1 rings (SSSR count). The van der Waals surface area contributed by atoms with Crippen molar-refractivity contribution in [3.8, 4) is 29.9 Å². The van der Waals surface area contributed by atoms with E-state index >= 15 is 0 Å². The molecule has 0 bridgehead atoms. The van der Waals surface area contributed by atoms with Crippen LogP contribution in [0.2, 0.25) is 0 Å². The van der Waals surface area contributed by atoms with Crippen LogP contribution < -0.4 is 4.74 Å². The minimum Gasteiger partial charge on any atom is -0.497 e. The Labute approximate surface area is 72.4 Å². The van der Waals surface area contributed by atoms with E-state index in [0.29, 0.717) is 0 Å². The highest BCUT2D eigenvalue weighted by Gasteiger charge is 1.89. The normalized spacial score (nSPS) is 7.67. The van der Waals surface area contributed by atoms with E-state index in [4.69, 9.17) is 11.2 Å². The van der Waals surface area contributed by atoms with E-state index in [2.05, 4.69) is 17.8 Å². The SMILES string of the molecule is C#CC#Cc1cccc(OC)c1. The minimum atomic E-state index is 0.791. The van der Waals surface area contributed by atoms with Crippen molar-refractivity contribution in [3.05, 3.63) is 29.8 Å². The standard InChI is InChI=1S/C11H8O/c1-3-4-6-10-7-5-8-11(9-10)12-2/h1,5,7-9H,2H3. The zero-order valence-electron chi connectivity index (χ0n) is 6.79. The average Bonchev–Trinajstić information content (AvgIpc) is 2.15. The lowest BCUT2D eigenvalue weighted by Crippen LogP contribution is -1.82. The molecule has 1 aromatic rings. The number of methoxy groups -OCH3 is 1. The maximum atomic E-state index is 5.02. The number of rotatable bonds is 1.